The van der Waals surface area contributed by atoms with Crippen molar-refractivity contribution in [2.45, 2.75) is 32.1 Å². The van der Waals surface area contributed by atoms with Gasteiger partial charge in [-0.15, -0.1) is 0 Å². The Morgan fingerprint density at radius 2 is 1.80 bits per heavy atom. The Morgan fingerprint density at radius 1 is 1.10 bits per heavy atom. The minimum Gasteiger partial charge on any atom is -0.481 e. The number of carboxylic acids is 1. The first-order valence-electron chi connectivity index (χ1n) is 8.14. The predicted octanol–water partition coefficient (Wildman–Crippen LogP) is 1.60. The number of carbonyl (C=O) groups is 2. The Kier molecular flexibility index (Phi) is 1.97. The molecule has 5 aliphatic rings. The lowest BCUT2D eigenvalue weighted by Gasteiger charge is -2.39. The molecule has 1 amide bonds. The molecule has 1 N–H and O–H groups in total. The molecule has 5 rings (SSSR count). The van der Waals surface area contributed by atoms with Crippen molar-refractivity contribution < 1.29 is 14.7 Å². The number of carboxylic acid groups (broad SMARTS) is 1. The summed E-state index contributed by atoms with van der Waals surface area (Å²) in [6.07, 6.45) is 5.77. The van der Waals surface area contributed by atoms with Crippen LogP contribution < -0.4 is 0 Å². The highest BCUT2D eigenvalue weighted by molar-refractivity contribution is 5.85. The number of hydrogen-bond donors (Lipinski definition) is 1. The number of amides is 1. The lowest BCUT2D eigenvalue weighted by atomic mass is 9.62. The van der Waals surface area contributed by atoms with Crippen LogP contribution in [0.3, 0.4) is 0 Å². The first-order valence-corrected chi connectivity index (χ1v) is 8.14. The molecule has 4 nitrogen and oxygen atoms in total. The van der Waals surface area contributed by atoms with Crippen LogP contribution in [0.2, 0.25) is 0 Å². The van der Waals surface area contributed by atoms with Gasteiger partial charge >= 0.3 is 5.97 Å². The quantitative estimate of drug-likeness (QED) is 0.833. The molecule has 7 atom stereocenters. The highest BCUT2D eigenvalue weighted by atomic mass is 16.4. The second-order valence-corrected chi connectivity index (χ2v) is 7.93. The van der Waals surface area contributed by atoms with Crippen molar-refractivity contribution in [3.8, 4) is 0 Å². The summed E-state index contributed by atoms with van der Waals surface area (Å²) in [5.74, 6) is 3.06. The van der Waals surface area contributed by atoms with Gasteiger partial charge in [-0.2, -0.15) is 0 Å². The second-order valence-electron chi connectivity index (χ2n) is 7.93. The molecule has 0 aromatic rings. The van der Waals surface area contributed by atoms with Crippen LogP contribution in [0.4, 0.5) is 0 Å². The van der Waals surface area contributed by atoms with E-state index in [2.05, 4.69) is 0 Å². The lowest BCUT2D eigenvalue weighted by Crippen LogP contribution is -2.46. The van der Waals surface area contributed by atoms with Gasteiger partial charge in [0, 0.05) is 19.0 Å². The Hall–Kier alpha value is -1.06. The van der Waals surface area contributed by atoms with E-state index in [1.807, 2.05) is 4.90 Å². The Labute approximate surface area is 118 Å². The number of hydrogen-bond acceptors (Lipinski definition) is 2. The van der Waals surface area contributed by atoms with Crippen LogP contribution in [0.15, 0.2) is 0 Å². The number of likely N-dealkylation sites (tertiary alicyclic amines) is 1. The van der Waals surface area contributed by atoms with E-state index in [4.69, 9.17) is 0 Å². The maximum atomic E-state index is 12.8. The molecule has 108 valence electrons. The average molecular weight is 275 g/mol. The summed E-state index contributed by atoms with van der Waals surface area (Å²) in [6, 6.07) is 0. The van der Waals surface area contributed by atoms with Gasteiger partial charge in [-0.25, -0.2) is 0 Å². The Bertz CT molecular complexity index is 502. The molecule has 1 unspecified atom stereocenters. The number of fused-ring (bicyclic) bond motifs is 6. The van der Waals surface area contributed by atoms with Gasteiger partial charge in [0.25, 0.3) is 0 Å². The van der Waals surface area contributed by atoms with Gasteiger partial charge in [-0.3, -0.25) is 9.59 Å². The zero-order valence-electron chi connectivity index (χ0n) is 11.6. The van der Waals surface area contributed by atoms with Gasteiger partial charge < -0.3 is 10.0 Å². The largest absolute Gasteiger partial charge is 0.481 e. The average Bonchev–Trinajstić information content (AvgIpc) is 2.70. The van der Waals surface area contributed by atoms with Crippen molar-refractivity contribution in [2.24, 2.45) is 40.9 Å². The SMILES string of the molecule is O=C(C1[C@@H]2[C@H]3CC[C@H](C3)[C@H]12)N1C[C@@H]2CC[C@]2(C(=O)O)C1. The summed E-state index contributed by atoms with van der Waals surface area (Å²) in [7, 11) is 0. The standard InChI is InChI=1S/C16H21NO3/c18-14(13-11-8-1-2-9(5-8)12(11)13)17-6-10-3-4-16(10,7-17)15(19)20/h8-13H,1-7H2,(H,19,20)/t8-,9+,10-,11+,12-,13?,16-/m0/s1. The third kappa shape index (κ3) is 1.16. The normalized spacial score (nSPS) is 54.3. The molecule has 4 saturated carbocycles. The van der Waals surface area contributed by atoms with Gasteiger partial charge in [0.1, 0.15) is 0 Å². The Morgan fingerprint density at radius 3 is 2.30 bits per heavy atom. The minimum absolute atomic E-state index is 0.222. The predicted molar refractivity (Wildman–Crippen MR) is 70.7 cm³/mol. The van der Waals surface area contributed by atoms with E-state index in [0.29, 0.717) is 30.8 Å². The molecule has 0 spiro atoms. The number of nitrogens with zero attached hydrogens (tertiary/aromatic N) is 1. The molecule has 0 aromatic carbocycles. The van der Waals surface area contributed by atoms with Crippen LogP contribution in [-0.2, 0) is 9.59 Å². The molecular formula is C16H21NO3. The molecule has 2 bridgehead atoms. The fourth-order valence-electron chi connectivity index (χ4n) is 6.23. The van der Waals surface area contributed by atoms with Crippen LogP contribution >= 0.6 is 0 Å². The van der Waals surface area contributed by atoms with Gasteiger partial charge in [0.15, 0.2) is 0 Å². The molecule has 1 heterocycles. The van der Waals surface area contributed by atoms with Crippen LogP contribution in [0.25, 0.3) is 0 Å². The summed E-state index contributed by atoms with van der Waals surface area (Å²) in [6.45, 7) is 1.19. The van der Waals surface area contributed by atoms with E-state index in [-0.39, 0.29) is 11.8 Å². The van der Waals surface area contributed by atoms with Crippen molar-refractivity contribution in [2.75, 3.05) is 13.1 Å². The maximum absolute atomic E-state index is 12.8. The third-order valence-corrected chi connectivity index (χ3v) is 7.39. The number of rotatable bonds is 2. The summed E-state index contributed by atoms with van der Waals surface area (Å²) in [5, 5.41) is 9.47. The van der Waals surface area contributed by atoms with Gasteiger partial charge in [-0.05, 0) is 61.7 Å². The fourth-order valence-corrected chi connectivity index (χ4v) is 6.23. The summed E-state index contributed by atoms with van der Waals surface area (Å²) >= 11 is 0. The molecule has 4 heteroatoms. The topological polar surface area (TPSA) is 57.6 Å². The van der Waals surface area contributed by atoms with E-state index < -0.39 is 11.4 Å². The van der Waals surface area contributed by atoms with Crippen molar-refractivity contribution in [1.29, 1.82) is 0 Å². The first kappa shape index (κ1) is 11.6. The van der Waals surface area contributed by atoms with E-state index in [1.165, 1.54) is 19.3 Å². The summed E-state index contributed by atoms with van der Waals surface area (Å²) in [4.78, 5) is 26.2. The van der Waals surface area contributed by atoms with Crippen LogP contribution in [0.5, 0.6) is 0 Å². The van der Waals surface area contributed by atoms with Crippen molar-refractivity contribution >= 4 is 11.9 Å². The maximum Gasteiger partial charge on any atom is 0.311 e. The zero-order chi connectivity index (χ0) is 13.6. The van der Waals surface area contributed by atoms with Crippen LogP contribution in [0.1, 0.15) is 32.1 Å². The first-order chi connectivity index (χ1) is 9.62. The Balaban J connectivity index is 1.34. The lowest BCUT2D eigenvalue weighted by molar-refractivity contribution is -0.157. The van der Waals surface area contributed by atoms with Gasteiger partial charge in [-0.1, -0.05) is 0 Å². The highest BCUT2D eigenvalue weighted by Crippen LogP contribution is 2.70. The molecule has 20 heavy (non-hydrogen) atoms. The summed E-state index contributed by atoms with van der Waals surface area (Å²) in [5.41, 5.74) is -0.585. The van der Waals surface area contributed by atoms with Gasteiger partial charge in [0.2, 0.25) is 5.91 Å². The molecular weight excluding hydrogens is 254 g/mol. The van der Waals surface area contributed by atoms with Gasteiger partial charge in [0.05, 0.1) is 5.41 Å². The highest BCUT2D eigenvalue weighted by Gasteiger charge is 2.69. The monoisotopic (exact) mass is 275 g/mol. The van der Waals surface area contributed by atoms with Crippen molar-refractivity contribution in [3.63, 3.8) is 0 Å². The fraction of sp³-hybridized carbons (Fsp3) is 0.875. The number of aliphatic carboxylic acids is 1. The van der Waals surface area contributed by atoms with Crippen molar-refractivity contribution in [1.82, 2.24) is 4.90 Å². The third-order valence-electron chi connectivity index (χ3n) is 7.39. The van der Waals surface area contributed by atoms with Crippen LogP contribution in [0, 0.1) is 40.9 Å². The molecule has 4 aliphatic carbocycles. The smallest absolute Gasteiger partial charge is 0.311 e. The van der Waals surface area contributed by atoms with E-state index in [1.54, 1.807) is 0 Å². The van der Waals surface area contributed by atoms with Crippen molar-refractivity contribution in [3.05, 3.63) is 0 Å². The minimum atomic E-state index is -0.680. The molecule has 1 saturated heterocycles. The molecule has 5 fully saturated rings. The zero-order valence-corrected chi connectivity index (χ0v) is 11.6. The number of carbonyl (C=O) groups excluding carboxylic acids is 1. The van der Waals surface area contributed by atoms with Crippen LogP contribution in [-0.4, -0.2) is 35.0 Å². The van der Waals surface area contributed by atoms with E-state index >= 15 is 0 Å². The summed E-state index contributed by atoms with van der Waals surface area (Å²) < 4.78 is 0. The second kappa shape index (κ2) is 3.40. The molecule has 0 aromatic heterocycles. The van der Waals surface area contributed by atoms with E-state index in [0.717, 1.165) is 24.7 Å². The molecule has 0 radical (unpaired) electrons. The molecule has 1 aliphatic heterocycles. The van der Waals surface area contributed by atoms with E-state index in [9.17, 15) is 14.7 Å².